The minimum Gasteiger partial charge on any atom is -0.481 e. The van der Waals surface area contributed by atoms with Crippen LogP contribution in [0.4, 0.5) is 5.82 Å². The highest BCUT2D eigenvalue weighted by atomic mass is 79.9. The Bertz CT molecular complexity index is 889. The summed E-state index contributed by atoms with van der Waals surface area (Å²) in [5.74, 6) is 7.14. The van der Waals surface area contributed by atoms with Gasteiger partial charge >= 0.3 is 5.69 Å². The van der Waals surface area contributed by atoms with E-state index in [2.05, 4.69) is 27.8 Å². The zero-order valence-electron chi connectivity index (χ0n) is 13.7. The van der Waals surface area contributed by atoms with Gasteiger partial charge in [0.1, 0.15) is 18.2 Å². The summed E-state index contributed by atoms with van der Waals surface area (Å²) in [4.78, 5) is 25.4. The molecule has 0 aliphatic rings. The fourth-order valence-electron chi connectivity index (χ4n) is 2.04. The quantitative estimate of drug-likeness (QED) is 0.738. The molecule has 24 heavy (non-hydrogen) atoms. The van der Waals surface area contributed by atoms with Crippen molar-refractivity contribution in [3.8, 4) is 17.6 Å². The van der Waals surface area contributed by atoms with Gasteiger partial charge in [0.05, 0.1) is 6.54 Å². The van der Waals surface area contributed by atoms with E-state index in [1.807, 2.05) is 24.3 Å². The van der Waals surface area contributed by atoms with Gasteiger partial charge in [0.25, 0.3) is 5.56 Å². The van der Waals surface area contributed by atoms with Crippen LogP contribution in [0.3, 0.4) is 0 Å². The van der Waals surface area contributed by atoms with E-state index in [-0.39, 0.29) is 17.9 Å². The zero-order chi connectivity index (χ0) is 17.7. The minimum absolute atomic E-state index is 0.269. The zero-order valence-corrected chi connectivity index (χ0v) is 15.3. The first-order valence-electron chi connectivity index (χ1n) is 7.22. The van der Waals surface area contributed by atoms with E-state index in [1.165, 1.54) is 17.7 Å². The van der Waals surface area contributed by atoms with Gasteiger partial charge in [0.15, 0.2) is 0 Å². The van der Waals surface area contributed by atoms with Crippen molar-refractivity contribution in [2.75, 3.05) is 25.1 Å². The first-order chi connectivity index (χ1) is 11.4. The molecule has 2 rings (SSSR count). The number of anilines is 1. The largest absolute Gasteiger partial charge is 0.481 e. The van der Waals surface area contributed by atoms with E-state index in [0.29, 0.717) is 12.4 Å². The van der Waals surface area contributed by atoms with E-state index < -0.39 is 0 Å². The molecule has 126 valence electrons. The Balaban J connectivity index is 1.97. The molecule has 0 bridgehead atoms. The summed E-state index contributed by atoms with van der Waals surface area (Å²) in [6.45, 7) is 0.648. The molecule has 1 heterocycles. The van der Waals surface area contributed by atoms with Crippen molar-refractivity contribution in [3.05, 3.63) is 55.6 Å². The summed E-state index contributed by atoms with van der Waals surface area (Å²) in [5, 5.41) is 0. The normalized spacial score (nSPS) is 10.0. The lowest BCUT2D eigenvalue weighted by atomic mass is 10.3. The fraction of sp³-hybridized carbons (Fsp3) is 0.294. The molecule has 0 aliphatic heterocycles. The van der Waals surface area contributed by atoms with Crippen molar-refractivity contribution in [2.45, 2.75) is 0 Å². The Hall–Kier alpha value is -2.46. The highest BCUT2D eigenvalue weighted by Gasteiger charge is 2.08. The van der Waals surface area contributed by atoms with Gasteiger partial charge in [-0.25, -0.2) is 4.79 Å². The molecule has 0 radical (unpaired) electrons. The lowest BCUT2D eigenvalue weighted by molar-refractivity contribution is 0.370. The van der Waals surface area contributed by atoms with Crippen LogP contribution in [-0.2, 0) is 14.1 Å². The van der Waals surface area contributed by atoms with Gasteiger partial charge < -0.3 is 9.64 Å². The van der Waals surface area contributed by atoms with Crippen LogP contribution in [0, 0.1) is 11.8 Å². The van der Waals surface area contributed by atoms with E-state index in [1.54, 1.807) is 19.0 Å². The predicted octanol–water partition coefficient (Wildman–Crippen LogP) is 1.37. The second kappa shape index (κ2) is 7.88. The molecule has 0 unspecified atom stereocenters. The molecule has 0 saturated heterocycles. The van der Waals surface area contributed by atoms with Gasteiger partial charge in [-0.1, -0.05) is 27.8 Å². The molecule has 1 aromatic carbocycles. The maximum Gasteiger partial charge on any atom is 0.332 e. The van der Waals surface area contributed by atoms with Gasteiger partial charge in [-0.05, 0) is 24.3 Å². The van der Waals surface area contributed by atoms with E-state index in [0.717, 1.165) is 14.8 Å². The van der Waals surface area contributed by atoms with Crippen molar-refractivity contribution < 1.29 is 4.74 Å². The third kappa shape index (κ3) is 4.30. The van der Waals surface area contributed by atoms with E-state index in [4.69, 9.17) is 4.74 Å². The molecule has 6 nitrogen and oxygen atoms in total. The Kier molecular flexibility index (Phi) is 5.88. The lowest BCUT2D eigenvalue weighted by Gasteiger charge is -2.19. The molecular weight excluding hydrogens is 374 g/mol. The maximum absolute atomic E-state index is 11.9. The van der Waals surface area contributed by atoms with Crippen LogP contribution in [0.2, 0.25) is 0 Å². The van der Waals surface area contributed by atoms with Crippen LogP contribution >= 0.6 is 15.9 Å². The molecule has 0 atom stereocenters. The van der Waals surface area contributed by atoms with E-state index in [9.17, 15) is 9.59 Å². The third-order valence-corrected chi connectivity index (χ3v) is 3.99. The first kappa shape index (κ1) is 17.9. The van der Waals surface area contributed by atoms with Crippen molar-refractivity contribution in [1.29, 1.82) is 0 Å². The number of hydrogen-bond donors (Lipinski definition) is 0. The molecule has 0 amide bonds. The second-order valence-electron chi connectivity index (χ2n) is 5.19. The van der Waals surface area contributed by atoms with Crippen LogP contribution in [0.15, 0.2) is 44.4 Å². The van der Waals surface area contributed by atoms with Crippen molar-refractivity contribution in [1.82, 2.24) is 9.13 Å². The number of ether oxygens (including phenoxy) is 1. The molecule has 0 spiro atoms. The summed E-state index contributed by atoms with van der Waals surface area (Å²) in [6.07, 6.45) is 0. The predicted molar refractivity (Wildman–Crippen MR) is 97.6 cm³/mol. The number of rotatable bonds is 4. The smallest absolute Gasteiger partial charge is 0.332 e. The van der Waals surface area contributed by atoms with Gasteiger partial charge in [0, 0.05) is 31.7 Å². The highest BCUT2D eigenvalue weighted by Crippen LogP contribution is 2.15. The summed E-state index contributed by atoms with van der Waals surface area (Å²) in [7, 11) is 4.85. The highest BCUT2D eigenvalue weighted by molar-refractivity contribution is 9.10. The molecule has 0 aliphatic carbocycles. The molecule has 0 N–H and O–H groups in total. The maximum atomic E-state index is 11.9. The monoisotopic (exact) mass is 391 g/mol. The number of hydrogen-bond acceptors (Lipinski definition) is 4. The van der Waals surface area contributed by atoms with Crippen molar-refractivity contribution in [3.63, 3.8) is 0 Å². The second-order valence-corrected chi connectivity index (χ2v) is 6.11. The first-order valence-corrected chi connectivity index (χ1v) is 8.01. The topological polar surface area (TPSA) is 56.5 Å². The van der Waals surface area contributed by atoms with Crippen molar-refractivity contribution >= 4 is 21.7 Å². The summed E-state index contributed by atoms with van der Waals surface area (Å²) < 4.78 is 8.98. The average Bonchev–Trinajstić information content (AvgIpc) is 2.57. The standard InChI is InChI=1S/C17H18BrN3O3/c1-19(15-12-16(22)21(3)17(23)20(15)2)10-4-5-11-24-14-8-6-13(18)7-9-14/h6-9,12H,10-11H2,1-3H3. The number of benzene rings is 1. The van der Waals surface area contributed by atoms with Gasteiger partial charge in [-0.15, -0.1) is 0 Å². The Morgan fingerprint density at radius 3 is 2.46 bits per heavy atom. The molecule has 2 aromatic rings. The Morgan fingerprint density at radius 1 is 1.12 bits per heavy atom. The summed E-state index contributed by atoms with van der Waals surface area (Å²) in [6, 6.07) is 8.92. The molecular formula is C17H18BrN3O3. The van der Waals surface area contributed by atoms with Crippen LogP contribution in [0.1, 0.15) is 0 Å². The molecule has 7 heteroatoms. The van der Waals surface area contributed by atoms with Crippen LogP contribution < -0.4 is 20.9 Å². The Morgan fingerprint density at radius 2 is 1.79 bits per heavy atom. The SMILES string of the molecule is CN(CC#CCOc1ccc(Br)cc1)c1cc(=O)n(C)c(=O)n1C. The van der Waals surface area contributed by atoms with Gasteiger partial charge in [0.2, 0.25) is 0 Å². The minimum atomic E-state index is -0.365. The molecule has 0 saturated carbocycles. The summed E-state index contributed by atoms with van der Waals surface area (Å²) in [5.41, 5.74) is -0.706. The van der Waals surface area contributed by atoms with Crippen LogP contribution in [0.25, 0.3) is 0 Å². The van der Waals surface area contributed by atoms with Crippen LogP contribution in [0.5, 0.6) is 5.75 Å². The number of aromatic nitrogens is 2. The molecule has 0 fully saturated rings. The fourth-order valence-corrected chi connectivity index (χ4v) is 2.31. The third-order valence-electron chi connectivity index (χ3n) is 3.46. The number of halogens is 1. The van der Waals surface area contributed by atoms with E-state index >= 15 is 0 Å². The lowest BCUT2D eigenvalue weighted by Crippen LogP contribution is -2.39. The molecule has 1 aromatic heterocycles. The van der Waals surface area contributed by atoms with Gasteiger partial charge in [-0.2, -0.15) is 0 Å². The number of nitrogens with zero attached hydrogens (tertiary/aromatic N) is 3. The Labute approximate surface area is 148 Å². The average molecular weight is 392 g/mol. The summed E-state index contributed by atoms with van der Waals surface area (Å²) >= 11 is 3.36. The van der Waals surface area contributed by atoms with Crippen molar-refractivity contribution in [2.24, 2.45) is 14.1 Å². The van der Waals surface area contributed by atoms with Crippen LogP contribution in [-0.4, -0.2) is 29.3 Å². The van der Waals surface area contributed by atoms with Gasteiger partial charge in [-0.3, -0.25) is 13.9 Å².